The number of aliphatic hydroxyl groups excluding tert-OH is 1. The van der Waals surface area contributed by atoms with Crippen LogP contribution in [0.5, 0.6) is 5.75 Å². The molecule has 0 heterocycles. The number of aliphatic hydroxyl groups is 1. The van der Waals surface area contributed by atoms with Crippen LogP contribution in [0.2, 0.25) is 0 Å². The van der Waals surface area contributed by atoms with Gasteiger partial charge in [0.2, 0.25) is 0 Å². The highest BCUT2D eigenvalue weighted by Gasteiger charge is 2.29. The number of amides is 1. The standard InChI is InChI=1S/C14H18FNO5/c1-14(2,21-10-5-3-9(15)4-6-10)13(20)16-8-7-11(17)12(18)19/h3-6,11,17H,7-8H2,1-2H3,(H,16,20)(H,18,19). The molecule has 0 spiro atoms. The average molecular weight is 299 g/mol. The number of nitrogens with one attached hydrogen (secondary N) is 1. The van der Waals surface area contributed by atoms with Crippen LogP contribution in [0.25, 0.3) is 0 Å². The molecule has 0 aliphatic heterocycles. The lowest BCUT2D eigenvalue weighted by Gasteiger charge is -2.25. The third-order valence-electron chi connectivity index (χ3n) is 2.72. The van der Waals surface area contributed by atoms with Crippen LogP contribution in [0, 0.1) is 5.82 Å². The van der Waals surface area contributed by atoms with Gasteiger partial charge in [0.25, 0.3) is 5.91 Å². The van der Waals surface area contributed by atoms with Gasteiger partial charge in [0.1, 0.15) is 11.6 Å². The molecule has 21 heavy (non-hydrogen) atoms. The van der Waals surface area contributed by atoms with E-state index in [9.17, 15) is 14.0 Å². The Morgan fingerprint density at radius 2 is 1.90 bits per heavy atom. The molecule has 1 atom stereocenters. The van der Waals surface area contributed by atoms with Gasteiger partial charge in [-0.15, -0.1) is 0 Å². The van der Waals surface area contributed by atoms with E-state index in [2.05, 4.69) is 5.32 Å². The lowest BCUT2D eigenvalue weighted by molar-refractivity contribution is -0.147. The number of hydrogen-bond acceptors (Lipinski definition) is 4. The highest BCUT2D eigenvalue weighted by molar-refractivity contribution is 5.84. The number of carboxylic acid groups (broad SMARTS) is 1. The quantitative estimate of drug-likeness (QED) is 0.696. The van der Waals surface area contributed by atoms with E-state index in [0.717, 1.165) is 0 Å². The number of carbonyl (C=O) groups is 2. The Morgan fingerprint density at radius 3 is 2.43 bits per heavy atom. The van der Waals surface area contributed by atoms with E-state index >= 15 is 0 Å². The second-order valence-electron chi connectivity index (χ2n) is 4.96. The third-order valence-corrected chi connectivity index (χ3v) is 2.72. The molecule has 1 aromatic rings. The molecule has 1 aromatic carbocycles. The van der Waals surface area contributed by atoms with Crippen molar-refractivity contribution in [3.05, 3.63) is 30.1 Å². The second kappa shape index (κ2) is 7.03. The lowest BCUT2D eigenvalue weighted by atomic mass is 10.1. The molecule has 0 saturated heterocycles. The molecule has 3 N–H and O–H groups in total. The van der Waals surface area contributed by atoms with Gasteiger partial charge in [0, 0.05) is 13.0 Å². The topological polar surface area (TPSA) is 95.9 Å². The molecular weight excluding hydrogens is 281 g/mol. The number of rotatable bonds is 7. The number of carboxylic acids is 1. The SMILES string of the molecule is CC(C)(Oc1ccc(F)cc1)C(=O)NCCC(O)C(=O)O. The highest BCUT2D eigenvalue weighted by Crippen LogP contribution is 2.18. The monoisotopic (exact) mass is 299 g/mol. The summed E-state index contributed by atoms with van der Waals surface area (Å²) < 4.78 is 18.2. The van der Waals surface area contributed by atoms with Crippen LogP contribution in [0.3, 0.4) is 0 Å². The van der Waals surface area contributed by atoms with Gasteiger partial charge >= 0.3 is 5.97 Å². The van der Waals surface area contributed by atoms with Crippen molar-refractivity contribution in [2.45, 2.75) is 32.0 Å². The average Bonchev–Trinajstić information content (AvgIpc) is 2.40. The molecule has 0 radical (unpaired) electrons. The van der Waals surface area contributed by atoms with Crippen LogP contribution < -0.4 is 10.1 Å². The molecule has 1 rings (SSSR count). The highest BCUT2D eigenvalue weighted by atomic mass is 19.1. The van der Waals surface area contributed by atoms with Crippen LogP contribution in [0.1, 0.15) is 20.3 Å². The second-order valence-corrected chi connectivity index (χ2v) is 4.96. The van der Waals surface area contributed by atoms with Crippen molar-refractivity contribution in [1.29, 1.82) is 0 Å². The van der Waals surface area contributed by atoms with Gasteiger partial charge in [-0.3, -0.25) is 4.79 Å². The van der Waals surface area contributed by atoms with Crippen molar-refractivity contribution in [1.82, 2.24) is 5.32 Å². The first kappa shape index (κ1) is 16.9. The minimum Gasteiger partial charge on any atom is -0.479 e. The van der Waals surface area contributed by atoms with E-state index in [4.69, 9.17) is 14.9 Å². The molecule has 0 bridgehead atoms. The van der Waals surface area contributed by atoms with Crippen molar-refractivity contribution in [2.75, 3.05) is 6.54 Å². The third kappa shape index (κ3) is 5.39. The summed E-state index contributed by atoms with van der Waals surface area (Å²) >= 11 is 0. The van der Waals surface area contributed by atoms with Crippen LogP contribution in [-0.2, 0) is 9.59 Å². The van der Waals surface area contributed by atoms with Crippen molar-refractivity contribution < 1.29 is 28.9 Å². The molecule has 0 aliphatic rings. The van der Waals surface area contributed by atoms with E-state index in [0.29, 0.717) is 5.75 Å². The van der Waals surface area contributed by atoms with Gasteiger partial charge in [-0.1, -0.05) is 0 Å². The summed E-state index contributed by atoms with van der Waals surface area (Å²) in [6.07, 6.45) is -1.63. The normalized spacial score (nSPS) is 12.6. The van der Waals surface area contributed by atoms with Gasteiger partial charge < -0.3 is 20.3 Å². The summed E-state index contributed by atoms with van der Waals surface area (Å²) in [4.78, 5) is 22.4. The van der Waals surface area contributed by atoms with E-state index in [1.807, 2.05) is 0 Å². The zero-order valence-corrected chi connectivity index (χ0v) is 11.8. The Hall–Kier alpha value is -2.15. The van der Waals surface area contributed by atoms with Crippen LogP contribution >= 0.6 is 0 Å². The lowest BCUT2D eigenvalue weighted by Crippen LogP contribution is -2.47. The van der Waals surface area contributed by atoms with Crippen molar-refractivity contribution in [3.63, 3.8) is 0 Å². The number of benzene rings is 1. The fourth-order valence-corrected chi connectivity index (χ4v) is 1.50. The summed E-state index contributed by atoms with van der Waals surface area (Å²) in [6, 6.07) is 5.23. The minimum atomic E-state index is -1.52. The number of carbonyl (C=O) groups excluding carboxylic acids is 1. The molecule has 1 amide bonds. The molecule has 0 aromatic heterocycles. The Morgan fingerprint density at radius 1 is 1.33 bits per heavy atom. The van der Waals surface area contributed by atoms with Gasteiger partial charge in [0.05, 0.1) is 0 Å². The Labute approximate surface area is 121 Å². The Kier molecular flexibility index (Phi) is 5.66. The van der Waals surface area contributed by atoms with Gasteiger partial charge in [-0.25, -0.2) is 9.18 Å². The summed E-state index contributed by atoms with van der Waals surface area (Å²) in [7, 11) is 0. The molecule has 0 fully saturated rings. The van der Waals surface area contributed by atoms with Crippen LogP contribution in [-0.4, -0.2) is 40.3 Å². The predicted molar refractivity (Wildman–Crippen MR) is 72.4 cm³/mol. The minimum absolute atomic E-state index is 0.00249. The van der Waals surface area contributed by atoms with Crippen LogP contribution in [0.15, 0.2) is 24.3 Å². The first-order chi connectivity index (χ1) is 9.72. The fraction of sp³-hybridized carbons (Fsp3) is 0.429. The first-order valence-electron chi connectivity index (χ1n) is 6.36. The molecule has 7 heteroatoms. The first-order valence-corrected chi connectivity index (χ1v) is 6.36. The summed E-state index contributed by atoms with van der Waals surface area (Å²) in [6.45, 7) is 3.06. The summed E-state index contributed by atoms with van der Waals surface area (Å²) in [5.74, 6) is -1.88. The van der Waals surface area contributed by atoms with Gasteiger partial charge in [-0.2, -0.15) is 0 Å². The molecule has 116 valence electrons. The molecule has 1 unspecified atom stereocenters. The zero-order chi connectivity index (χ0) is 16.0. The van der Waals surface area contributed by atoms with E-state index < -0.39 is 29.4 Å². The molecule has 0 saturated carbocycles. The summed E-state index contributed by atoms with van der Waals surface area (Å²) in [5.41, 5.74) is -1.22. The number of ether oxygens (including phenoxy) is 1. The maximum atomic E-state index is 12.8. The largest absolute Gasteiger partial charge is 0.479 e. The number of hydrogen-bond donors (Lipinski definition) is 3. The van der Waals surface area contributed by atoms with E-state index in [1.54, 1.807) is 0 Å². The van der Waals surface area contributed by atoms with E-state index in [-0.39, 0.29) is 13.0 Å². The maximum Gasteiger partial charge on any atom is 0.332 e. The summed E-state index contributed by atoms with van der Waals surface area (Å²) in [5, 5.41) is 20.1. The molecule has 0 aliphatic carbocycles. The Bertz CT molecular complexity index is 501. The van der Waals surface area contributed by atoms with E-state index in [1.165, 1.54) is 38.1 Å². The fourth-order valence-electron chi connectivity index (χ4n) is 1.50. The molecular formula is C14H18FNO5. The predicted octanol–water partition coefficient (Wildman–Crippen LogP) is 0.935. The number of aliphatic carboxylic acids is 1. The smallest absolute Gasteiger partial charge is 0.332 e. The molecule has 6 nitrogen and oxygen atoms in total. The Balaban J connectivity index is 2.51. The van der Waals surface area contributed by atoms with Crippen molar-refractivity contribution in [2.24, 2.45) is 0 Å². The maximum absolute atomic E-state index is 12.8. The van der Waals surface area contributed by atoms with Crippen molar-refractivity contribution in [3.8, 4) is 5.75 Å². The van der Waals surface area contributed by atoms with Gasteiger partial charge in [-0.05, 0) is 38.1 Å². The van der Waals surface area contributed by atoms with Crippen molar-refractivity contribution >= 4 is 11.9 Å². The zero-order valence-electron chi connectivity index (χ0n) is 11.8. The number of halogens is 1. The van der Waals surface area contributed by atoms with Gasteiger partial charge in [0.15, 0.2) is 11.7 Å². The van der Waals surface area contributed by atoms with Crippen LogP contribution in [0.4, 0.5) is 4.39 Å².